The largest absolute Gasteiger partial charge is 0.464 e. The number of aliphatic hydroxyl groups is 1. The monoisotopic (exact) mass is 334 g/mol. The minimum Gasteiger partial charge on any atom is -0.464 e. The van der Waals surface area contributed by atoms with E-state index in [0.717, 1.165) is 30.6 Å². The fourth-order valence-corrected chi connectivity index (χ4v) is 4.98. The third kappa shape index (κ3) is 3.60. The lowest BCUT2D eigenvalue weighted by molar-refractivity contribution is 0.0590. The van der Waals surface area contributed by atoms with Crippen LogP contribution in [0, 0.1) is 5.92 Å². The van der Waals surface area contributed by atoms with Crippen molar-refractivity contribution in [1.82, 2.24) is 9.71 Å². The normalized spacial score (nSPS) is 23.0. The summed E-state index contributed by atoms with van der Waals surface area (Å²) in [6.45, 7) is -0.0558. The van der Waals surface area contributed by atoms with Crippen LogP contribution in [0.5, 0.6) is 0 Å². The molecule has 0 aliphatic heterocycles. The van der Waals surface area contributed by atoms with E-state index in [4.69, 9.17) is 0 Å². The van der Waals surface area contributed by atoms with E-state index in [-0.39, 0.29) is 28.5 Å². The predicted octanol–water partition coefficient (Wildman–Crippen LogP) is 0.759. The zero-order valence-corrected chi connectivity index (χ0v) is 13.2. The highest BCUT2D eigenvalue weighted by atomic mass is 32.2. The third-order valence-corrected chi connectivity index (χ3v) is 6.47. The van der Waals surface area contributed by atoms with Crippen LogP contribution in [0.2, 0.25) is 0 Å². The quantitative estimate of drug-likeness (QED) is 0.770. The molecule has 7 nitrogen and oxygen atoms in total. The highest BCUT2D eigenvalue weighted by Crippen LogP contribution is 2.27. The van der Waals surface area contributed by atoms with Crippen molar-refractivity contribution in [3.05, 3.63) is 11.2 Å². The number of methoxy groups -OCH3 is 1. The van der Waals surface area contributed by atoms with Crippen molar-refractivity contribution in [1.29, 1.82) is 0 Å². The Balaban J connectivity index is 2.22. The zero-order valence-electron chi connectivity index (χ0n) is 11.6. The molecule has 1 aliphatic rings. The standard InChI is InChI=1S/C12H18N2O5S2/c1-19-11(16)10-12(20-7-13-10)21(17,18)14-9-5-3-2-4-8(9)6-15/h7-9,14-15H,2-6H2,1H3. The number of esters is 1. The van der Waals surface area contributed by atoms with Gasteiger partial charge >= 0.3 is 5.97 Å². The molecule has 2 atom stereocenters. The maximum atomic E-state index is 12.4. The number of rotatable bonds is 5. The number of thiazole rings is 1. The Morgan fingerprint density at radius 1 is 1.52 bits per heavy atom. The number of carbonyl (C=O) groups excluding carboxylic acids is 1. The molecule has 2 rings (SSSR count). The van der Waals surface area contributed by atoms with E-state index in [1.807, 2.05) is 0 Å². The lowest BCUT2D eigenvalue weighted by atomic mass is 9.86. The van der Waals surface area contributed by atoms with Crippen LogP contribution < -0.4 is 4.72 Å². The average molecular weight is 334 g/mol. The van der Waals surface area contributed by atoms with Gasteiger partial charge in [0.05, 0.1) is 12.6 Å². The van der Waals surface area contributed by atoms with Gasteiger partial charge in [0.25, 0.3) is 10.0 Å². The summed E-state index contributed by atoms with van der Waals surface area (Å²) in [4.78, 5) is 15.3. The minimum absolute atomic E-state index is 0.0558. The highest BCUT2D eigenvalue weighted by Gasteiger charge is 2.32. The lowest BCUT2D eigenvalue weighted by Gasteiger charge is -2.30. The van der Waals surface area contributed by atoms with Crippen molar-refractivity contribution in [2.75, 3.05) is 13.7 Å². The molecule has 21 heavy (non-hydrogen) atoms. The Labute approximate surface area is 127 Å². The van der Waals surface area contributed by atoms with Crippen LogP contribution >= 0.6 is 11.3 Å². The molecule has 1 fully saturated rings. The summed E-state index contributed by atoms with van der Waals surface area (Å²) in [5, 5.41) is 9.35. The van der Waals surface area contributed by atoms with Crippen molar-refractivity contribution < 1.29 is 23.1 Å². The Bertz CT molecular complexity index is 599. The van der Waals surface area contributed by atoms with E-state index >= 15 is 0 Å². The van der Waals surface area contributed by atoms with E-state index in [2.05, 4.69) is 14.4 Å². The average Bonchev–Trinajstić information content (AvgIpc) is 2.97. The van der Waals surface area contributed by atoms with E-state index in [9.17, 15) is 18.3 Å². The number of nitrogens with zero attached hydrogens (tertiary/aromatic N) is 1. The van der Waals surface area contributed by atoms with Gasteiger partial charge < -0.3 is 9.84 Å². The smallest absolute Gasteiger partial charge is 0.358 e. The first kappa shape index (κ1) is 16.3. The van der Waals surface area contributed by atoms with Crippen LogP contribution in [0.1, 0.15) is 36.2 Å². The molecule has 1 heterocycles. The number of aromatic nitrogens is 1. The molecule has 1 aliphatic carbocycles. The third-order valence-electron chi connectivity index (χ3n) is 3.61. The second-order valence-electron chi connectivity index (χ2n) is 4.93. The summed E-state index contributed by atoms with van der Waals surface area (Å²) >= 11 is 0.873. The molecular formula is C12H18N2O5S2. The maximum absolute atomic E-state index is 12.4. The lowest BCUT2D eigenvalue weighted by Crippen LogP contribution is -2.43. The van der Waals surface area contributed by atoms with E-state index in [0.29, 0.717) is 6.42 Å². The second kappa shape index (κ2) is 6.82. The predicted molar refractivity (Wildman–Crippen MR) is 76.6 cm³/mol. The fraction of sp³-hybridized carbons (Fsp3) is 0.667. The molecule has 0 spiro atoms. The van der Waals surface area contributed by atoms with Gasteiger partial charge in [0, 0.05) is 12.6 Å². The van der Waals surface area contributed by atoms with Gasteiger partial charge in [-0.05, 0) is 18.8 Å². The molecule has 2 unspecified atom stereocenters. The molecule has 118 valence electrons. The molecule has 1 aromatic rings. The van der Waals surface area contributed by atoms with Crippen molar-refractivity contribution in [3.63, 3.8) is 0 Å². The van der Waals surface area contributed by atoms with Crippen molar-refractivity contribution in [3.8, 4) is 0 Å². The van der Waals surface area contributed by atoms with Crippen LogP contribution in [0.4, 0.5) is 0 Å². The Morgan fingerprint density at radius 2 is 2.24 bits per heavy atom. The maximum Gasteiger partial charge on any atom is 0.358 e. The van der Waals surface area contributed by atoms with E-state index < -0.39 is 16.0 Å². The molecule has 0 radical (unpaired) electrons. The zero-order chi connectivity index (χ0) is 15.5. The number of aliphatic hydroxyl groups excluding tert-OH is 1. The molecule has 0 aromatic carbocycles. The van der Waals surface area contributed by atoms with Crippen molar-refractivity contribution in [2.24, 2.45) is 5.92 Å². The fourth-order valence-electron chi connectivity index (χ4n) is 2.49. The number of carbonyl (C=O) groups is 1. The van der Waals surface area contributed by atoms with Crippen LogP contribution in [0.15, 0.2) is 9.72 Å². The van der Waals surface area contributed by atoms with Gasteiger partial charge in [0.2, 0.25) is 0 Å². The number of hydrogen-bond acceptors (Lipinski definition) is 7. The van der Waals surface area contributed by atoms with Gasteiger partial charge in [-0.3, -0.25) is 0 Å². The van der Waals surface area contributed by atoms with Gasteiger partial charge in [0.15, 0.2) is 9.90 Å². The summed E-state index contributed by atoms with van der Waals surface area (Å²) < 4.78 is 31.9. The summed E-state index contributed by atoms with van der Waals surface area (Å²) in [5.74, 6) is -0.873. The topological polar surface area (TPSA) is 106 Å². The summed E-state index contributed by atoms with van der Waals surface area (Å²) in [5.41, 5.74) is 1.09. The SMILES string of the molecule is COC(=O)c1ncsc1S(=O)(=O)NC1CCCCC1CO. The molecule has 0 bridgehead atoms. The molecule has 9 heteroatoms. The van der Waals surface area contributed by atoms with Crippen molar-refractivity contribution >= 4 is 27.3 Å². The highest BCUT2D eigenvalue weighted by molar-refractivity contribution is 7.91. The number of nitrogens with one attached hydrogen (secondary N) is 1. The molecule has 1 aromatic heterocycles. The first-order chi connectivity index (χ1) is 9.99. The summed E-state index contributed by atoms with van der Waals surface area (Å²) in [7, 11) is -2.68. The molecule has 1 saturated carbocycles. The summed E-state index contributed by atoms with van der Waals surface area (Å²) in [6, 6.07) is -0.318. The van der Waals surface area contributed by atoms with Crippen LogP contribution in [0.25, 0.3) is 0 Å². The Kier molecular flexibility index (Phi) is 5.31. The Morgan fingerprint density at radius 3 is 2.90 bits per heavy atom. The molecule has 0 amide bonds. The molecule has 0 saturated heterocycles. The van der Waals surface area contributed by atoms with Crippen LogP contribution in [-0.2, 0) is 14.8 Å². The first-order valence-corrected chi connectivity index (χ1v) is 9.01. The first-order valence-electron chi connectivity index (χ1n) is 6.64. The van der Waals surface area contributed by atoms with Gasteiger partial charge in [0.1, 0.15) is 0 Å². The van der Waals surface area contributed by atoms with Gasteiger partial charge in [-0.15, -0.1) is 11.3 Å². The van der Waals surface area contributed by atoms with Crippen LogP contribution in [-0.4, -0.2) is 44.2 Å². The Hall–Kier alpha value is -1.03. The summed E-state index contributed by atoms with van der Waals surface area (Å²) in [6.07, 6.45) is 3.36. The van der Waals surface area contributed by atoms with Gasteiger partial charge in [-0.1, -0.05) is 12.8 Å². The van der Waals surface area contributed by atoms with Crippen LogP contribution in [0.3, 0.4) is 0 Å². The van der Waals surface area contributed by atoms with E-state index in [1.165, 1.54) is 12.6 Å². The van der Waals surface area contributed by atoms with Gasteiger partial charge in [-0.25, -0.2) is 22.9 Å². The molecule has 2 N–H and O–H groups in total. The number of hydrogen-bond donors (Lipinski definition) is 2. The second-order valence-corrected chi connectivity index (χ2v) is 7.70. The number of sulfonamides is 1. The minimum atomic E-state index is -3.85. The van der Waals surface area contributed by atoms with Gasteiger partial charge in [-0.2, -0.15) is 0 Å². The van der Waals surface area contributed by atoms with E-state index in [1.54, 1.807) is 0 Å². The van der Waals surface area contributed by atoms with Crippen molar-refractivity contribution in [2.45, 2.75) is 35.9 Å². The molecular weight excluding hydrogens is 316 g/mol. The number of ether oxygens (including phenoxy) is 1.